The number of nitrogens with zero attached hydrogens (tertiary/aromatic N) is 1. The van der Waals surface area contributed by atoms with E-state index in [2.05, 4.69) is 23.8 Å². The first-order valence-corrected chi connectivity index (χ1v) is 7.92. The Labute approximate surface area is 133 Å². The summed E-state index contributed by atoms with van der Waals surface area (Å²) in [4.78, 5) is 25.3. The molecule has 0 atom stereocenters. The average molecular weight is 305 g/mol. The van der Waals surface area contributed by atoms with Gasteiger partial charge in [0.2, 0.25) is 5.91 Å². The first-order valence-electron chi connectivity index (χ1n) is 7.92. The van der Waals surface area contributed by atoms with Gasteiger partial charge in [0.25, 0.3) is 0 Å². The van der Waals surface area contributed by atoms with Crippen LogP contribution < -0.4 is 0 Å². The van der Waals surface area contributed by atoms with Gasteiger partial charge < -0.3 is 9.64 Å². The van der Waals surface area contributed by atoms with Gasteiger partial charge in [0.1, 0.15) is 6.54 Å². The number of hydrogen-bond acceptors (Lipinski definition) is 3. The molecule has 4 nitrogen and oxygen atoms in total. The lowest BCUT2D eigenvalue weighted by Crippen LogP contribution is -2.41. The molecule has 122 valence electrons. The van der Waals surface area contributed by atoms with Gasteiger partial charge in [0.15, 0.2) is 0 Å². The Morgan fingerprint density at radius 3 is 2.23 bits per heavy atom. The fourth-order valence-electron chi connectivity index (χ4n) is 2.24. The van der Waals surface area contributed by atoms with E-state index in [1.807, 2.05) is 26.0 Å². The fraction of sp³-hybridized carbons (Fsp3) is 0.556. The van der Waals surface area contributed by atoms with E-state index < -0.39 is 5.97 Å². The zero-order valence-corrected chi connectivity index (χ0v) is 14.1. The van der Waals surface area contributed by atoms with Gasteiger partial charge >= 0.3 is 5.97 Å². The first-order chi connectivity index (χ1) is 10.5. The number of hydrogen-bond donors (Lipinski definition) is 0. The minimum absolute atomic E-state index is 0.00157. The molecule has 0 saturated heterocycles. The molecule has 0 aliphatic rings. The van der Waals surface area contributed by atoms with Gasteiger partial charge in [-0.05, 0) is 37.8 Å². The third kappa shape index (κ3) is 5.88. The van der Waals surface area contributed by atoms with E-state index in [0.29, 0.717) is 6.42 Å². The second-order valence-electron chi connectivity index (χ2n) is 5.79. The van der Waals surface area contributed by atoms with Crippen molar-refractivity contribution in [1.29, 1.82) is 0 Å². The zero-order valence-electron chi connectivity index (χ0n) is 14.1. The van der Waals surface area contributed by atoms with Crippen LogP contribution in [0.4, 0.5) is 0 Å². The van der Waals surface area contributed by atoms with Crippen LogP contribution in [-0.4, -0.2) is 36.5 Å². The van der Waals surface area contributed by atoms with Crippen LogP contribution in [0.5, 0.6) is 0 Å². The van der Waals surface area contributed by atoms with Gasteiger partial charge in [-0.15, -0.1) is 0 Å². The molecule has 1 aromatic carbocycles. The van der Waals surface area contributed by atoms with Gasteiger partial charge in [-0.25, -0.2) is 0 Å². The smallest absolute Gasteiger partial charge is 0.325 e. The van der Waals surface area contributed by atoms with Crippen molar-refractivity contribution in [2.75, 3.05) is 13.7 Å². The number of rotatable bonds is 8. The normalized spacial score (nSPS) is 10.6. The van der Waals surface area contributed by atoms with E-state index in [4.69, 9.17) is 0 Å². The molecule has 4 heteroatoms. The Kier molecular flexibility index (Phi) is 7.64. The molecule has 0 fully saturated rings. The predicted octanol–water partition coefficient (Wildman–Crippen LogP) is 2.98. The summed E-state index contributed by atoms with van der Waals surface area (Å²) >= 11 is 0. The van der Waals surface area contributed by atoms with Crippen LogP contribution in [0.15, 0.2) is 24.3 Å². The lowest BCUT2D eigenvalue weighted by molar-refractivity contribution is -0.148. The summed E-state index contributed by atoms with van der Waals surface area (Å²) in [5.74, 6) is -0.446. The van der Waals surface area contributed by atoms with Crippen molar-refractivity contribution >= 4 is 11.9 Å². The maximum atomic E-state index is 12.4. The number of amides is 1. The molecule has 0 aliphatic heterocycles. The van der Waals surface area contributed by atoms with Crippen molar-refractivity contribution in [3.63, 3.8) is 0 Å². The average Bonchev–Trinajstić information content (AvgIpc) is 2.51. The number of esters is 1. The van der Waals surface area contributed by atoms with E-state index in [9.17, 15) is 9.59 Å². The maximum Gasteiger partial charge on any atom is 0.325 e. The Bertz CT molecular complexity index is 480. The van der Waals surface area contributed by atoms with Gasteiger partial charge in [-0.1, -0.05) is 37.6 Å². The van der Waals surface area contributed by atoms with Crippen LogP contribution >= 0.6 is 0 Å². The molecule has 22 heavy (non-hydrogen) atoms. The molecule has 0 radical (unpaired) electrons. The van der Waals surface area contributed by atoms with Crippen molar-refractivity contribution in [1.82, 2.24) is 4.90 Å². The van der Waals surface area contributed by atoms with Gasteiger partial charge in [-0.3, -0.25) is 9.59 Å². The maximum absolute atomic E-state index is 12.4. The predicted molar refractivity (Wildman–Crippen MR) is 87.6 cm³/mol. The third-order valence-corrected chi connectivity index (χ3v) is 3.67. The molecule has 0 bridgehead atoms. The summed E-state index contributed by atoms with van der Waals surface area (Å²) in [6, 6.07) is 8.13. The summed E-state index contributed by atoms with van der Waals surface area (Å²) in [7, 11) is 1.33. The van der Waals surface area contributed by atoms with E-state index in [-0.39, 0.29) is 18.5 Å². The monoisotopic (exact) mass is 305 g/mol. The highest BCUT2D eigenvalue weighted by Gasteiger charge is 2.20. The molecule has 0 unspecified atom stereocenters. The Morgan fingerprint density at radius 1 is 1.14 bits per heavy atom. The number of ether oxygens (including phenoxy) is 1. The highest BCUT2D eigenvalue weighted by molar-refractivity contribution is 5.83. The number of benzene rings is 1. The van der Waals surface area contributed by atoms with Gasteiger partial charge in [0, 0.05) is 6.04 Å². The Hall–Kier alpha value is -1.84. The molecule has 0 spiro atoms. The number of aryl methyl sites for hydroxylation is 1. The van der Waals surface area contributed by atoms with Gasteiger partial charge in [-0.2, -0.15) is 0 Å². The minimum Gasteiger partial charge on any atom is -0.468 e. The SMILES string of the molecule is CCCCc1ccc(CC(=O)N(CC(=O)OC)C(C)C)cc1. The van der Waals surface area contributed by atoms with E-state index >= 15 is 0 Å². The molecule has 0 aromatic heterocycles. The van der Waals surface area contributed by atoms with Crippen molar-refractivity contribution in [2.45, 2.75) is 52.5 Å². The van der Waals surface area contributed by atoms with Crippen molar-refractivity contribution < 1.29 is 14.3 Å². The summed E-state index contributed by atoms with van der Waals surface area (Å²) in [6.07, 6.45) is 3.74. The van der Waals surface area contributed by atoms with E-state index in [1.54, 1.807) is 4.90 Å². The molecule has 1 amide bonds. The molecular formula is C18H27NO3. The summed E-state index contributed by atoms with van der Waals surface area (Å²) < 4.78 is 4.65. The topological polar surface area (TPSA) is 46.6 Å². The third-order valence-electron chi connectivity index (χ3n) is 3.67. The van der Waals surface area contributed by atoms with Crippen LogP contribution in [0.2, 0.25) is 0 Å². The standard InChI is InChI=1S/C18H27NO3/c1-5-6-7-15-8-10-16(11-9-15)12-17(20)19(14(2)3)13-18(21)22-4/h8-11,14H,5-7,12-13H2,1-4H3. The first kappa shape index (κ1) is 18.2. The lowest BCUT2D eigenvalue weighted by Gasteiger charge is -2.25. The minimum atomic E-state index is -0.392. The summed E-state index contributed by atoms with van der Waals surface area (Å²) in [6.45, 7) is 5.97. The highest BCUT2D eigenvalue weighted by Crippen LogP contribution is 2.11. The van der Waals surface area contributed by atoms with Crippen LogP contribution in [0.3, 0.4) is 0 Å². The number of methoxy groups -OCH3 is 1. The molecule has 0 saturated carbocycles. The van der Waals surface area contributed by atoms with E-state index in [0.717, 1.165) is 12.0 Å². The van der Waals surface area contributed by atoms with Crippen molar-refractivity contribution in [2.24, 2.45) is 0 Å². The molecular weight excluding hydrogens is 278 g/mol. The Balaban J connectivity index is 2.66. The van der Waals surface area contributed by atoms with Gasteiger partial charge in [0.05, 0.1) is 13.5 Å². The van der Waals surface area contributed by atoms with Crippen LogP contribution in [0.25, 0.3) is 0 Å². The summed E-state index contributed by atoms with van der Waals surface area (Å²) in [5, 5.41) is 0. The van der Waals surface area contributed by atoms with Crippen LogP contribution in [-0.2, 0) is 27.2 Å². The van der Waals surface area contributed by atoms with Crippen LogP contribution in [0.1, 0.15) is 44.7 Å². The highest BCUT2D eigenvalue weighted by atomic mass is 16.5. The molecule has 0 aliphatic carbocycles. The molecule has 0 heterocycles. The van der Waals surface area contributed by atoms with Crippen molar-refractivity contribution in [3.8, 4) is 0 Å². The Morgan fingerprint density at radius 2 is 1.73 bits per heavy atom. The number of unbranched alkanes of at least 4 members (excludes halogenated alkanes) is 1. The summed E-state index contributed by atoms with van der Waals surface area (Å²) in [5.41, 5.74) is 2.27. The van der Waals surface area contributed by atoms with E-state index in [1.165, 1.54) is 25.5 Å². The fourth-order valence-corrected chi connectivity index (χ4v) is 2.24. The number of carbonyl (C=O) groups is 2. The largest absolute Gasteiger partial charge is 0.468 e. The second-order valence-corrected chi connectivity index (χ2v) is 5.79. The molecule has 1 rings (SSSR count). The van der Waals surface area contributed by atoms with Crippen LogP contribution in [0, 0.1) is 0 Å². The lowest BCUT2D eigenvalue weighted by atomic mass is 10.0. The quantitative estimate of drug-likeness (QED) is 0.694. The molecule has 0 N–H and O–H groups in total. The molecule has 1 aromatic rings. The second kappa shape index (κ2) is 9.23. The number of carbonyl (C=O) groups excluding carboxylic acids is 2. The zero-order chi connectivity index (χ0) is 16.5. The van der Waals surface area contributed by atoms with Crippen molar-refractivity contribution in [3.05, 3.63) is 35.4 Å².